The number of pyridine rings is 1. The quantitative estimate of drug-likeness (QED) is 0.282. The summed E-state index contributed by atoms with van der Waals surface area (Å²) in [5.74, 6) is -2.25. The lowest BCUT2D eigenvalue weighted by atomic mass is 9.94. The van der Waals surface area contributed by atoms with E-state index in [0.717, 1.165) is 0 Å². The molecule has 3 nitrogen and oxygen atoms in total. The maximum atomic E-state index is 9.04. The van der Waals surface area contributed by atoms with E-state index in [4.69, 9.17) is 23.3 Å². The van der Waals surface area contributed by atoms with Gasteiger partial charge in [-0.05, 0) is 42.4 Å². The van der Waals surface area contributed by atoms with E-state index >= 15 is 0 Å². The highest BCUT2D eigenvalue weighted by atomic mass is 16.3. The number of nitrogens with zero attached hydrogens (tertiary/aromatic N) is 2. The zero-order chi connectivity index (χ0) is 27.8. The lowest BCUT2D eigenvalue weighted by molar-refractivity contribution is -0.666. The average molecular weight is 379 g/mol. The summed E-state index contributed by atoms with van der Waals surface area (Å²) in [6, 6.07) is 5.69. The van der Waals surface area contributed by atoms with E-state index in [9.17, 15) is 0 Å². The summed E-state index contributed by atoms with van der Waals surface area (Å²) in [6.45, 7) is 6.47. The average Bonchev–Trinajstić information content (AvgIpc) is 3.15. The number of benzene rings is 2. The summed E-state index contributed by atoms with van der Waals surface area (Å²) in [7, 11) is 1.63. The summed E-state index contributed by atoms with van der Waals surface area (Å²) in [4.78, 5) is 3.42. The molecule has 4 aromatic rings. The van der Waals surface area contributed by atoms with Crippen LogP contribution in [0.2, 0.25) is 0 Å². The Hall–Kier alpha value is -3.12. The Bertz CT molecular complexity index is 1640. The summed E-state index contributed by atoms with van der Waals surface area (Å²) in [5, 5.41) is 0.802. The van der Waals surface area contributed by atoms with Crippen molar-refractivity contribution in [2.75, 3.05) is 0 Å². The molecule has 0 aliphatic rings. The monoisotopic (exact) mass is 378 g/mol. The van der Waals surface area contributed by atoms with Crippen LogP contribution >= 0.6 is 0 Å². The van der Waals surface area contributed by atoms with Crippen molar-refractivity contribution in [1.29, 1.82) is 0 Å². The molecule has 0 saturated heterocycles. The molecule has 0 fully saturated rings. The minimum absolute atomic E-state index is 0.0501. The first kappa shape index (κ1) is 10.4. The van der Waals surface area contributed by atoms with Gasteiger partial charge >= 0.3 is 0 Å². The van der Waals surface area contributed by atoms with E-state index in [-0.39, 0.29) is 34.5 Å². The van der Waals surface area contributed by atoms with E-state index in [1.54, 1.807) is 37.6 Å². The number of rotatable bonds is 2. The van der Waals surface area contributed by atoms with E-state index in [1.807, 2.05) is 0 Å². The molecule has 0 aliphatic carbocycles. The van der Waals surface area contributed by atoms with Crippen LogP contribution in [0.4, 0.5) is 5.69 Å². The van der Waals surface area contributed by atoms with Crippen LogP contribution in [0.1, 0.15) is 54.4 Å². The van der Waals surface area contributed by atoms with E-state index in [0.29, 0.717) is 38.9 Å². The molecular formula is C25H25N2O+. The second-order valence-electron chi connectivity index (χ2n) is 6.96. The first-order valence-corrected chi connectivity index (χ1v) is 8.82. The highest BCUT2D eigenvalue weighted by molar-refractivity contribution is 6.12. The first-order valence-electron chi connectivity index (χ1n) is 13.3. The predicted molar refractivity (Wildman–Crippen MR) is 115 cm³/mol. The van der Waals surface area contributed by atoms with Gasteiger partial charge in [0.15, 0.2) is 11.4 Å². The van der Waals surface area contributed by atoms with Crippen molar-refractivity contribution in [2.45, 2.75) is 40.4 Å². The molecule has 2 heterocycles. The van der Waals surface area contributed by atoms with Crippen molar-refractivity contribution in [3.8, 4) is 11.3 Å². The van der Waals surface area contributed by atoms with Gasteiger partial charge in [-0.1, -0.05) is 32.0 Å². The molecule has 0 spiro atoms. The van der Waals surface area contributed by atoms with Gasteiger partial charge in [0.05, 0.1) is 14.9 Å². The molecule has 3 heteroatoms. The Morgan fingerprint density at radius 3 is 2.79 bits per heavy atom. The van der Waals surface area contributed by atoms with Crippen LogP contribution in [0.3, 0.4) is 0 Å². The highest BCUT2D eigenvalue weighted by Crippen LogP contribution is 2.40. The van der Waals surface area contributed by atoms with Crippen LogP contribution in [-0.4, -0.2) is 0 Å². The maximum Gasteiger partial charge on any atom is 0.216 e. The molecule has 2 aromatic carbocycles. The van der Waals surface area contributed by atoms with Crippen LogP contribution in [0.15, 0.2) is 40.8 Å². The molecule has 1 atom stereocenters. The molecule has 0 radical (unpaired) electrons. The SMILES string of the molecule is [2H]c1c(C([2H])(C)C([2H])([2H])[2H])c([2H])c(-c2c(C)cc(C([2H])([2H])[2H])c3c2oc2cc([N+]#[C-])ccc23)[n+](C)c1C. The number of furan rings is 1. The number of aryl methyl sites for hydroxylation is 2. The third-order valence-electron chi connectivity index (χ3n) is 5.05. The zero-order valence-electron chi connectivity index (χ0n) is 25.1. The molecular weight excluding hydrogens is 344 g/mol. The third kappa shape index (κ3) is 2.68. The number of aromatic nitrogens is 1. The topological polar surface area (TPSA) is 21.4 Å². The smallest absolute Gasteiger partial charge is 0.216 e. The molecule has 0 saturated carbocycles. The van der Waals surface area contributed by atoms with Crippen molar-refractivity contribution in [2.24, 2.45) is 7.05 Å². The fraction of sp³-hybridized carbons (Fsp3) is 0.280. The number of fused-ring (bicyclic) bond motifs is 3. The normalized spacial score (nSPS) is 19.2. The van der Waals surface area contributed by atoms with Crippen LogP contribution in [-0.2, 0) is 7.05 Å². The van der Waals surface area contributed by atoms with Crippen LogP contribution in [0.5, 0.6) is 0 Å². The van der Waals surface area contributed by atoms with Crippen molar-refractivity contribution in [3.63, 3.8) is 0 Å². The summed E-state index contributed by atoms with van der Waals surface area (Å²) < 4.78 is 82.2. The summed E-state index contributed by atoms with van der Waals surface area (Å²) in [6.07, 6.45) is 0. The minimum atomic E-state index is -2.81. The maximum absolute atomic E-state index is 9.04. The second-order valence-corrected chi connectivity index (χ2v) is 6.96. The van der Waals surface area contributed by atoms with Crippen molar-refractivity contribution in [3.05, 3.63) is 70.2 Å². The van der Waals surface area contributed by atoms with Crippen LogP contribution < -0.4 is 4.57 Å². The lowest BCUT2D eigenvalue weighted by Crippen LogP contribution is -2.35. The Balaban J connectivity index is 2.26. The number of hydrogen-bond donors (Lipinski definition) is 0. The molecule has 0 bridgehead atoms. The van der Waals surface area contributed by atoms with Gasteiger partial charge in [0, 0.05) is 39.4 Å². The molecule has 28 heavy (non-hydrogen) atoms. The van der Waals surface area contributed by atoms with E-state index < -0.39 is 19.6 Å². The molecule has 140 valence electrons. The second kappa shape index (κ2) is 6.49. The highest BCUT2D eigenvalue weighted by Gasteiger charge is 2.24. The summed E-state index contributed by atoms with van der Waals surface area (Å²) >= 11 is 0. The lowest BCUT2D eigenvalue weighted by Gasteiger charge is -2.12. The standard InChI is InChI=1S/C25H25N2O/c1-14(2)18-11-17(5)27(7)21(12-18)24-16(4)10-15(3)23-20-9-8-19(26-6)13-22(20)28-25(23)24/h8-14H,1-5,7H3/q+1/i1D3,3D3,11D,12D,14D. The Morgan fingerprint density at radius 2 is 2.07 bits per heavy atom. The Labute approximate surface area is 178 Å². The zero-order valence-corrected chi connectivity index (χ0v) is 16.1. The third-order valence-corrected chi connectivity index (χ3v) is 5.05. The molecule has 0 aliphatic heterocycles. The first-order chi connectivity index (χ1) is 16.9. The molecule has 1 unspecified atom stereocenters. The van der Waals surface area contributed by atoms with Gasteiger partial charge in [-0.25, -0.2) is 4.85 Å². The fourth-order valence-electron chi connectivity index (χ4n) is 3.52. The van der Waals surface area contributed by atoms with Gasteiger partial charge < -0.3 is 4.42 Å². The fourth-order valence-corrected chi connectivity index (χ4v) is 3.52. The predicted octanol–water partition coefficient (Wildman–Crippen LogP) is 6.68. The molecule has 0 amide bonds. The summed E-state index contributed by atoms with van der Waals surface area (Å²) in [5.41, 5.74) is 1.96. The van der Waals surface area contributed by atoms with Gasteiger partial charge in [-0.3, -0.25) is 0 Å². The Kier molecular flexibility index (Phi) is 2.42. The molecule has 0 N–H and O–H groups in total. The Morgan fingerprint density at radius 1 is 1.25 bits per heavy atom. The van der Waals surface area contributed by atoms with Crippen molar-refractivity contribution >= 4 is 27.6 Å². The molecule has 4 rings (SSSR count). The van der Waals surface area contributed by atoms with Gasteiger partial charge in [0.2, 0.25) is 5.69 Å². The minimum Gasteiger partial charge on any atom is -0.456 e. The van der Waals surface area contributed by atoms with Crippen molar-refractivity contribution < 1.29 is 21.3 Å². The van der Waals surface area contributed by atoms with E-state index in [2.05, 4.69) is 4.85 Å². The van der Waals surface area contributed by atoms with Gasteiger partial charge in [0.25, 0.3) is 0 Å². The van der Waals surface area contributed by atoms with Gasteiger partial charge in [0.1, 0.15) is 18.2 Å². The van der Waals surface area contributed by atoms with Gasteiger partial charge in [-0.2, -0.15) is 4.57 Å². The van der Waals surface area contributed by atoms with Crippen molar-refractivity contribution in [1.82, 2.24) is 0 Å². The van der Waals surface area contributed by atoms with Crippen LogP contribution in [0, 0.1) is 27.3 Å². The number of hydrogen-bond acceptors (Lipinski definition) is 1. The van der Waals surface area contributed by atoms with Gasteiger partial charge in [-0.15, -0.1) is 0 Å². The van der Waals surface area contributed by atoms with E-state index in [1.165, 1.54) is 19.1 Å². The largest absolute Gasteiger partial charge is 0.456 e. The molecule has 2 aromatic heterocycles. The van der Waals surface area contributed by atoms with Crippen LogP contribution in [0.25, 0.3) is 38.0 Å².